The number of rotatable bonds is 8. The second kappa shape index (κ2) is 11.9. The van der Waals surface area contributed by atoms with Crippen LogP contribution < -0.4 is 10.6 Å². The van der Waals surface area contributed by atoms with Crippen LogP contribution in [0.1, 0.15) is 56.4 Å². The van der Waals surface area contributed by atoms with Crippen molar-refractivity contribution < 1.29 is 0 Å². The maximum Gasteiger partial charge on any atom is 0.190 e. The van der Waals surface area contributed by atoms with Crippen LogP contribution in [-0.2, 0) is 0 Å². The molecule has 3 unspecified atom stereocenters. The summed E-state index contributed by atoms with van der Waals surface area (Å²) in [4.78, 5) is 11.1. The molecule has 5 nitrogen and oxygen atoms in total. The van der Waals surface area contributed by atoms with E-state index in [1.54, 1.807) is 0 Å². The number of guanidine groups is 1. The minimum Gasteiger partial charge on any atom is -0.356 e. The van der Waals surface area contributed by atoms with E-state index in [9.17, 15) is 0 Å². The summed E-state index contributed by atoms with van der Waals surface area (Å²) in [5.74, 6) is 2.46. The van der Waals surface area contributed by atoms with Gasteiger partial charge in [-0.3, -0.25) is 9.89 Å². The molecule has 1 aromatic rings. The first kappa shape index (κ1) is 22.6. The van der Waals surface area contributed by atoms with Crippen molar-refractivity contribution >= 4 is 17.3 Å². The van der Waals surface area contributed by atoms with E-state index < -0.39 is 0 Å². The van der Waals surface area contributed by atoms with Gasteiger partial charge in [-0.25, -0.2) is 0 Å². The van der Waals surface area contributed by atoms with Gasteiger partial charge in [-0.1, -0.05) is 13.0 Å². The molecule has 2 aliphatic rings. The van der Waals surface area contributed by atoms with Gasteiger partial charge in [0.05, 0.1) is 0 Å². The van der Waals surface area contributed by atoms with Crippen molar-refractivity contribution in [3.63, 3.8) is 0 Å². The highest BCUT2D eigenvalue weighted by Gasteiger charge is 2.31. The molecule has 164 valence electrons. The fraction of sp³-hybridized carbons (Fsp3) is 0.783. The number of likely N-dealkylation sites (tertiary alicyclic amines) is 2. The van der Waals surface area contributed by atoms with E-state index in [2.05, 4.69) is 56.9 Å². The zero-order valence-corrected chi connectivity index (χ0v) is 19.5. The Bertz CT molecular complexity index is 602. The summed E-state index contributed by atoms with van der Waals surface area (Å²) in [6, 6.07) is 5.00. The van der Waals surface area contributed by atoms with Crippen molar-refractivity contribution in [1.29, 1.82) is 0 Å². The van der Waals surface area contributed by atoms with E-state index in [1.165, 1.54) is 69.6 Å². The lowest BCUT2D eigenvalue weighted by Crippen LogP contribution is -2.45. The molecule has 6 heteroatoms. The number of aliphatic imine (C=N–C) groups is 1. The Balaban J connectivity index is 1.36. The normalized spacial score (nSPS) is 27.1. The molecule has 0 saturated carbocycles. The molecule has 2 N–H and O–H groups in total. The minimum atomic E-state index is 0.529. The van der Waals surface area contributed by atoms with Crippen molar-refractivity contribution in [2.24, 2.45) is 16.8 Å². The summed E-state index contributed by atoms with van der Waals surface area (Å²) in [7, 11) is 4.15. The average molecular weight is 420 g/mol. The molecule has 0 radical (unpaired) electrons. The van der Waals surface area contributed by atoms with Crippen LogP contribution in [0.3, 0.4) is 0 Å². The van der Waals surface area contributed by atoms with Gasteiger partial charge >= 0.3 is 0 Å². The molecule has 0 spiro atoms. The van der Waals surface area contributed by atoms with Gasteiger partial charge in [-0.15, -0.1) is 11.3 Å². The number of nitrogens with one attached hydrogen (secondary N) is 2. The van der Waals surface area contributed by atoms with Crippen LogP contribution in [0, 0.1) is 11.8 Å². The van der Waals surface area contributed by atoms with E-state index >= 15 is 0 Å². The van der Waals surface area contributed by atoms with Crippen LogP contribution in [0.25, 0.3) is 0 Å². The monoisotopic (exact) mass is 419 g/mol. The predicted octanol–water partition coefficient (Wildman–Crippen LogP) is 3.81. The van der Waals surface area contributed by atoms with Gasteiger partial charge in [0, 0.05) is 37.6 Å². The zero-order chi connectivity index (χ0) is 20.5. The molecule has 2 saturated heterocycles. The Morgan fingerprint density at radius 3 is 2.83 bits per heavy atom. The fourth-order valence-corrected chi connectivity index (χ4v) is 5.97. The number of hydrogen-bond donors (Lipinski definition) is 2. The zero-order valence-electron chi connectivity index (χ0n) is 18.7. The summed E-state index contributed by atoms with van der Waals surface area (Å²) < 4.78 is 0. The topological polar surface area (TPSA) is 42.9 Å². The van der Waals surface area contributed by atoms with Crippen molar-refractivity contribution in [3.05, 3.63) is 22.4 Å². The summed E-state index contributed by atoms with van der Waals surface area (Å²) in [5.41, 5.74) is 0. The number of thiophene rings is 1. The molecular weight excluding hydrogens is 378 g/mol. The molecule has 2 aliphatic heterocycles. The standard InChI is InChI=1S/C23H41N5S/c1-19-9-6-15-28(18-19)14-5-4-12-25-23(24-2)26-17-20-10-7-13-27(3)22(20)21-11-8-16-29-21/h8,11,16,19-20,22H,4-7,9-10,12-15,17-18H2,1-3H3,(H2,24,25,26). The number of nitrogens with zero attached hydrogens (tertiary/aromatic N) is 3. The molecule has 0 aromatic carbocycles. The predicted molar refractivity (Wildman–Crippen MR) is 126 cm³/mol. The second-order valence-electron chi connectivity index (χ2n) is 8.98. The molecular formula is C23H41N5S. The summed E-state index contributed by atoms with van der Waals surface area (Å²) >= 11 is 1.89. The summed E-state index contributed by atoms with van der Waals surface area (Å²) in [6.07, 6.45) is 7.82. The van der Waals surface area contributed by atoms with Gasteiger partial charge in [0.1, 0.15) is 0 Å². The van der Waals surface area contributed by atoms with Crippen LogP contribution in [0.4, 0.5) is 0 Å². The minimum absolute atomic E-state index is 0.529. The average Bonchev–Trinajstić information content (AvgIpc) is 3.24. The van der Waals surface area contributed by atoms with E-state index in [0.717, 1.165) is 25.0 Å². The molecule has 0 aliphatic carbocycles. The van der Waals surface area contributed by atoms with Crippen molar-refractivity contribution in [2.45, 2.75) is 51.5 Å². The molecule has 0 bridgehead atoms. The van der Waals surface area contributed by atoms with Gasteiger partial charge in [-0.05, 0) is 88.5 Å². The maximum atomic E-state index is 4.45. The SMILES string of the molecule is CN=C(NCCCCN1CCCC(C)C1)NCC1CCCN(C)C1c1cccs1. The van der Waals surface area contributed by atoms with Crippen molar-refractivity contribution in [1.82, 2.24) is 20.4 Å². The molecule has 3 heterocycles. The number of unbranched alkanes of at least 4 members (excludes halogenated alkanes) is 1. The van der Waals surface area contributed by atoms with Crippen LogP contribution >= 0.6 is 11.3 Å². The Morgan fingerprint density at radius 2 is 2.07 bits per heavy atom. The summed E-state index contributed by atoms with van der Waals surface area (Å²) in [6.45, 7) is 9.40. The first-order chi connectivity index (χ1) is 14.2. The molecule has 29 heavy (non-hydrogen) atoms. The van der Waals surface area contributed by atoms with Crippen molar-refractivity contribution in [2.75, 3.05) is 53.4 Å². The Morgan fingerprint density at radius 1 is 1.21 bits per heavy atom. The lowest BCUT2D eigenvalue weighted by atomic mass is 9.88. The van der Waals surface area contributed by atoms with Gasteiger partial charge < -0.3 is 15.5 Å². The lowest BCUT2D eigenvalue weighted by molar-refractivity contribution is 0.125. The van der Waals surface area contributed by atoms with Crippen LogP contribution in [-0.4, -0.2) is 69.1 Å². The van der Waals surface area contributed by atoms with Gasteiger partial charge in [0.15, 0.2) is 5.96 Å². The van der Waals surface area contributed by atoms with Crippen LogP contribution in [0.5, 0.6) is 0 Å². The Labute approximate surface area is 182 Å². The fourth-order valence-electron chi connectivity index (χ4n) is 4.99. The third-order valence-electron chi connectivity index (χ3n) is 6.53. The third-order valence-corrected chi connectivity index (χ3v) is 7.47. The molecule has 3 atom stereocenters. The molecule has 1 aromatic heterocycles. The molecule has 0 amide bonds. The highest BCUT2D eigenvalue weighted by molar-refractivity contribution is 7.10. The van der Waals surface area contributed by atoms with Crippen molar-refractivity contribution in [3.8, 4) is 0 Å². The van der Waals surface area contributed by atoms with E-state index in [4.69, 9.17) is 0 Å². The van der Waals surface area contributed by atoms with E-state index in [1.807, 2.05) is 18.4 Å². The van der Waals surface area contributed by atoms with Gasteiger partial charge in [-0.2, -0.15) is 0 Å². The maximum absolute atomic E-state index is 4.45. The Kier molecular flexibility index (Phi) is 9.28. The smallest absolute Gasteiger partial charge is 0.190 e. The number of piperidine rings is 2. The lowest BCUT2D eigenvalue weighted by Gasteiger charge is -2.39. The highest BCUT2D eigenvalue weighted by Crippen LogP contribution is 2.36. The number of hydrogen-bond acceptors (Lipinski definition) is 4. The first-order valence-corrected chi connectivity index (χ1v) is 12.5. The quantitative estimate of drug-likeness (QED) is 0.382. The highest BCUT2D eigenvalue weighted by atomic mass is 32.1. The molecule has 2 fully saturated rings. The first-order valence-electron chi connectivity index (χ1n) is 11.6. The largest absolute Gasteiger partial charge is 0.356 e. The Hall–Kier alpha value is -1.11. The van der Waals surface area contributed by atoms with Crippen LogP contribution in [0.15, 0.2) is 22.5 Å². The van der Waals surface area contributed by atoms with E-state index in [-0.39, 0.29) is 0 Å². The third kappa shape index (κ3) is 6.97. The van der Waals surface area contributed by atoms with Crippen LogP contribution in [0.2, 0.25) is 0 Å². The second-order valence-corrected chi connectivity index (χ2v) is 9.96. The summed E-state index contributed by atoms with van der Waals surface area (Å²) in [5, 5.41) is 9.33. The molecule has 3 rings (SSSR count). The van der Waals surface area contributed by atoms with E-state index in [0.29, 0.717) is 12.0 Å². The van der Waals surface area contributed by atoms with Gasteiger partial charge in [0.2, 0.25) is 0 Å². The van der Waals surface area contributed by atoms with Gasteiger partial charge in [0.25, 0.3) is 0 Å².